The molecule has 0 atom stereocenters. The first-order valence-electron chi connectivity index (χ1n) is 10.5. The molecule has 3 aromatic rings. The number of aromatic nitrogens is 1. The summed E-state index contributed by atoms with van der Waals surface area (Å²) in [6.07, 6.45) is 3.67. The number of para-hydroxylation sites is 1. The summed E-state index contributed by atoms with van der Waals surface area (Å²) in [6.45, 7) is 10.5. The number of pyridine rings is 1. The zero-order valence-corrected chi connectivity index (χ0v) is 19.9. The monoisotopic (exact) mass is 440 g/mol. The second-order valence-electron chi connectivity index (χ2n) is 9.00. The highest BCUT2D eigenvalue weighted by molar-refractivity contribution is 8.33. The van der Waals surface area contributed by atoms with Crippen molar-refractivity contribution in [3.8, 4) is 5.75 Å². The van der Waals surface area contributed by atoms with Crippen LogP contribution in [0.25, 0.3) is 10.9 Å². The lowest BCUT2D eigenvalue weighted by Gasteiger charge is -2.36. The molecule has 0 saturated heterocycles. The summed E-state index contributed by atoms with van der Waals surface area (Å²) < 4.78 is 0. The van der Waals surface area contributed by atoms with Crippen LogP contribution in [0.4, 0.5) is 5.69 Å². The van der Waals surface area contributed by atoms with Gasteiger partial charge in [-0.2, -0.15) is 0 Å². The number of H-pyrrole nitrogens is 1. The summed E-state index contributed by atoms with van der Waals surface area (Å²) in [5, 5.41) is 14.2. The molecule has 31 heavy (non-hydrogen) atoms. The molecule has 1 aromatic heterocycles. The molecular formula is C25H32N2O3S. The van der Waals surface area contributed by atoms with Crippen LogP contribution in [0.1, 0.15) is 50.5 Å². The smallest absolute Gasteiger partial charge is 0.261 e. The van der Waals surface area contributed by atoms with Crippen molar-refractivity contribution in [2.75, 3.05) is 23.1 Å². The van der Waals surface area contributed by atoms with Crippen molar-refractivity contribution in [3.05, 3.63) is 63.9 Å². The number of phenols is 1. The average Bonchev–Trinajstić information content (AvgIpc) is 2.72. The first-order valence-corrected chi connectivity index (χ1v) is 12.9. The highest BCUT2D eigenvalue weighted by Crippen LogP contribution is 2.57. The molecule has 0 aliphatic carbocycles. The Morgan fingerprint density at radius 3 is 2.39 bits per heavy atom. The maximum absolute atomic E-state index is 13.1. The van der Waals surface area contributed by atoms with Crippen LogP contribution in [0.2, 0.25) is 0 Å². The number of aromatic hydroxyl groups is 1. The SMILES string of the molecule is CCS(C)(CC)c1cc(C(C)(C)C)c(NC(=O)c2c[nH]c3ccccc3c2=O)cc1O. The number of hydrogen-bond acceptors (Lipinski definition) is 3. The number of carbonyl (C=O) groups excluding carboxylic acids is 1. The Labute approximate surface area is 185 Å². The molecular weight excluding hydrogens is 408 g/mol. The Balaban J connectivity index is 2.09. The molecule has 2 aromatic carbocycles. The molecule has 5 nitrogen and oxygen atoms in total. The summed E-state index contributed by atoms with van der Waals surface area (Å²) in [7, 11) is -1.15. The summed E-state index contributed by atoms with van der Waals surface area (Å²) in [5.74, 6) is 1.64. The Morgan fingerprint density at radius 2 is 1.77 bits per heavy atom. The molecule has 0 fully saturated rings. The van der Waals surface area contributed by atoms with Crippen LogP contribution in [0, 0.1) is 0 Å². The lowest BCUT2D eigenvalue weighted by Crippen LogP contribution is -2.24. The van der Waals surface area contributed by atoms with E-state index in [0.717, 1.165) is 22.0 Å². The van der Waals surface area contributed by atoms with Gasteiger partial charge < -0.3 is 15.4 Å². The van der Waals surface area contributed by atoms with E-state index in [0.29, 0.717) is 16.6 Å². The number of carbonyl (C=O) groups is 1. The molecule has 0 saturated carbocycles. The molecule has 166 valence electrons. The maximum atomic E-state index is 13.1. The molecule has 3 N–H and O–H groups in total. The van der Waals surface area contributed by atoms with E-state index in [1.807, 2.05) is 12.1 Å². The van der Waals surface area contributed by atoms with E-state index in [9.17, 15) is 14.7 Å². The first kappa shape index (κ1) is 22.9. The molecule has 0 aliphatic heterocycles. The van der Waals surface area contributed by atoms with Crippen molar-refractivity contribution in [3.63, 3.8) is 0 Å². The molecule has 0 aliphatic rings. The standard InChI is InChI=1S/C25H32N2O3S/c1-7-31(6,8-2)22-13-18(25(3,4)5)20(14-21(22)28)27-24(30)17-15-26-19-12-10-9-11-16(19)23(17)29/h9-15,28H,7-8H2,1-6H3,(H,26,29)(H,27,30). The Hall–Kier alpha value is -2.73. The highest BCUT2D eigenvalue weighted by atomic mass is 32.3. The zero-order chi connectivity index (χ0) is 23.0. The predicted octanol–water partition coefficient (Wildman–Crippen LogP) is 5.62. The highest BCUT2D eigenvalue weighted by Gasteiger charge is 2.27. The lowest BCUT2D eigenvalue weighted by atomic mass is 9.85. The third-order valence-corrected chi connectivity index (χ3v) is 9.93. The molecule has 3 rings (SSSR count). The molecule has 6 heteroatoms. The quantitative estimate of drug-likeness (QED) is 0.482. The van der Waals surface area contributed by atoms with Crippen LogP contribution >= 0.6 is 10.0 Å². The fraction of sp³-hybridized carbons (Fsp3) is 0.360. The van der Waals surface area contributed by atoms with Gasteiger partial charge in [0.05, 0.1) is 0 Å². The van der Waals surface area contributed by atoms with Crippen molar-refractivity contribution in [1.82, 2.24) is 4.98 Å². The Morgan fingerprint density at radius 1 is 1.13 bits per heavy atom. The van der Waals surface area contributed by atoms with E-state index in [1.165, 1.54) is 6.20 Å². The van der Waals surface area contributed by atoms with Gasteiger partial charge in [0, 0.05) is 33.7 Å². The minimum Gasteiger partial charge on any atom is -0.507 e. The number of hydrogen-bond donors (Lipinski definition) is 3. The number of benzene rings is 2. The van der Waals surface area contributed by atoms with Gasteiger partial charge in [-0.3, -0.25) is 9.59 Å². The number of fused-ring (bicyclic) bond motifs is 1. The fourth-order valence-corrected chi connectivity index (χ4v) is 5.72. The second kappa shape index (κ2) is 8.42. The number of anilines is 1. The molecule has 0 bridgehead atoms. The lowest BCUT2D eigenvalue weighted by molar-refractivity contribution is 0.102. The van der Waals surface area contributed by atoms with Gasteiger partial charge in [-0.25, -0.2) is 10.0 Å². The van der Waals surface area contributed by atoms with Gasteiger partial charge in [-0.05, 0) is 46.9 Å². The molecule has 0 spiro atoms. The van der Waals surface area contributed by atoms with E-state index >= 15 is 0 Å². The zero-order valence-electron chi connectivity index (χ0n) is 19.1. The normalized spacial score (nSPS) is 12.7. The van der Waals surface area contributed by atoms with Gasteiger partial charge >= 0.3 is 0 Å². The maximum Gasteiger partial charge on any atom is 0.261 e. The van der Waals surface area contributed by atoms with Crippen molar-refractivity contribution < 1.29 is 9.90 Å². The minimum atomic E-state index is -1.15. The van der Waals surface area contributed by atoms with E-state index in [4.69, 9.17) is 0 Å². The first-order chi connectivity index (χ1) is 14.5. The van der Waals surface area contributed by atoms with Crippen molar-refractivity contribution >= 4 is 32.5 Å². The number of nitrogens with one attached hydrogen (secondary N) is 2. The molecule has 1 amide bonds. The van der Waals surface area contributed by atoms with Crippen LogP contribution in [0.3, 0.4) is 0 Å². The average molecular weight is 441 g/mol. The van der Waals surface area contributed by atoms with E-state index in [2.05, 4.69) is 51.2 Å². The number of phenolic OH excluding ortho intramolecular Hbond substituents is 1. The summed E-state index contributed by atoms with van der Waals surface area (Å²) in [5.41, 5.74) is 1.61. The third kappa shape index (κ3) is 4.35. The van der Waals surface area contributed by atoms with Crippen molar-refractivity contribution in [1.29, 1.82) is 0 Å². The number of aromatic amines is 1. The Kier molecular flexibility index (Phi) is 6.23. The third-order valence-electron chi connectivity index (χ3n) is 5.99. The summed E-state index contributed by atoms with van der Waals surface area (Å²) in [6, 6.07) is 10.8. The number of amides is 1. The van der Waals surface area contributed by atoms with Crippen LogP contribution < -0.4 is 10.7 Å². The summed E-state index contributed by atoms with van der Waals surface area (Å²) in [4.78, 5) is 29.9. The minimum absolute atomic E-state index is 0.0414. The predicted molar refractivity (Wildman–Crippen MR) is 132 cm³/mol. The summed E-state index contributed by atoms with van der Waals surface area (Å²) >= 11 is 0. The molecule has 0 unspecified atom stereocenters. The largest absolute Gasteiger partial charge is 0.507 e. The number of rotatable bonds is 5. The van der Waals surface area contributed by atoms with Crippen LogP contribution in [-0.2, 0) is 5.41 Å². The van der Waals surface area contributed by atoms with Crippen molar-refractivity contribution in [2.45, 2.75) is 44.9 Å². The van der Waals surface area contributed by atoms with E-state index in [1.54, 1.807) is 24.3 Å². The molecule has 0 radical (unpaired) electrons. The van der Waals surface area contributed by atoms with Gasteiger partial charge in [-0.15, -0.1) is 0 Å². The van der Waals surface area contributed by atoms with Crippen LogP contribution in [0.5, 0.6) is 5.75 Å². The topological polar surface area (TPSA) is 82.2 Å². The second-order valence-corrected chi connectivity index (χ2v) is 13.1. The van der Waals surface area contributed by atoms with Gasteiger partial charge in [0.2, 0.25) is 5.43 Å². The Bertz CT molecular complexity index is 1190. The van der Waals surface area contributed by atoms with E-state index in [-0.39, 0.29) is 22.2 Å². The van der Waals surface area contributed by atoms with Gasteiger partial charge in [0.25, 0.3) is 5.91 Å². The van der Waals surface area contributed by atoms with Gasteiger partial charge in [0.15, 0.2) is 0 Å². The van der Waals surface area contributed by atoms with Gasteiger partial charge in [-0.1, -0.05) is 46.8 Å². The van der Waals surface area contributed by atoms with Crippen LogP contribution in [0.15, 0.2) is 52.3 Å². The van der Waals surface area contributed by atoms with Gasteiger partial charge in [0.1, 0.15) is 11.3 Å². The molecule has 1 heterocycles. The van der Waals surface area contributed by atoms with Crippen molar-refractivity contribution in [2.24, 2.45) is 0 Å². The van der Waals surface area contributed by atoms with Crippen LogP contribution in [-0.4, -0.2) is 33.8 Å². The van der Waals surface area contributed by atoms with E-state index < -0.39 is 15.9 Å². The fourth-order valence-electron chi connectivity index (χ4n) is 3.73.